The molecule has 8 nitrogen and oxygen atoms in total. The highest BCUT2D eigenvalue weighted by molar-refractivity contribution is 6.05. The van der Waals surface area contributed by atoms with E-state index >= 15 is 0 Å². The molecule has 1 unspecified atom stereocenters. The lowest BCUT2D eigenvalue weighted by atomic mass is 9.97. The van der Waals surface area contributed by atoms with Crippen molar-refractivity contribution < 1.29 is 14.3 Å². The molecule has 8 heteroatoms. The van der Waals surface area contributed by atoms with Crippen molar-refractivity contribution in [3.63, 3.8) is 0 Å². The monoisotopic (exact) mass is 417 g/mol. The number of rotatable bonds is 6. The number of aromatic nitrogens is 2. The molecule has 1 fully saturated rings. The van der Waals surface area contributed by atoms with Crippen molar-refractivity contribution in [2.75, 3.05) is 23.3 Å². The van der Waals surface area contributed by atoms with E-state index in [0.29, 0.717) is 23.5 Å². The van der Waals surface area contributed by atoms with E-state index in [4.69, 9.17) is 10.5 Å². The van der Waals surface area contributed by atoms with E-state index in [1.54, 1.807) is 42.7 Å². The molecule has 0 radical (unpaired) electrons. The molecule has 1 aliphatic heterocycles. The quantitative estimate of drug-likeness (QED) is 0.637. The molecule has 2 amide bonds. The number of nitrogens with two attached hydrogens (primary N) is 1. The Labute approximate surface area is 180 Å². The highest BCUT2D eigenvalue weighted by Gasteiger charge is 2.24. The summed E-state index contributed by atoms with van der Waals surface area (Å²) in [4.78, 5) is 35.0. The predicted octanol–water partition coefficient (Wildman–Crippen LogP) is 3.22. The topological polar surface area (TPSA) is 110 Å². The van der Waals surface area contributed by atoms with Crippen LogP contribution in [0.25, 0.3) is 0 Å². The lowest BCUT2D eigenvalue weighted by Gasteiger charge is -2.32. The molecule has 0 bridgehead atoms. The van der Waals surface area contributed by atoms with Crippen LogP contribution >= 0.6 is 0 Å². The lowest BCUT2D eigenvalue weighted by molar-refractivity contribution is -0.122. The standard InChI is InChI=1S/C23H23N5O3/c24-21(29)16-6-5-13-28(15-16)20-11-10-17(14-26-20)27-22(30)19-9-4-12-25-23(19)31-18-7-2-1-3-8-18/h1-4,7-12,14,16H,5-6,13,15H2,(H2,24,29)(H,27,30). The molecule has 3 N–H and O–H groups in total. The molecule has 0 saturated carbocycles. The Balaban J connectivity index is 1.44. The average Bonchev–Trinajstić information content (AvgIpc) is 2.80. The zero-order valence-electron chi connectivity index (χ0n) is 16.9. The summed E-state index contributed by atoms with van der Waals surface area (Å²) in [5.74, 6) is 0.777. The minimum atomic E-state index is -0.347. The molecule has 1 atom stereocenters. The van der Waals surface area contributed by atoms with Crippen molar-refractivity contribution in [1.82, 2.24) is 9.97 Å². The first-order chi connectivity index (χ1) is 15.1. The molecule has 3 aromatic rings. The molecule has 31 heavy (non-hydrogen) atoms. The van der Waals surface area contributed by atoms with E-state index in [1.165, 1.54) is 0 Å². The number of hydrogen-bond acceptors (Lipinski definition) is 6. The van der Waals surface area contributed by atoms with Crippen LogP contribution in [0.4, 0.5) is 11.5 Å². The fraction of sp³-hybridized carbons (Fsp3) is 0.217. The van der Waals surface area contributed by atoms with Crippen molar-refractivity contribution in [2.45, 2.75) is 12.8 Å². The van der Waals surface area contributed by atoms with E-state index in [2.05, 4.69) is 15.3 Å². The number of nitrogens with one attached hydrogen (secondary N) is 1. The second kappa shape index (κ2) is 9.25. The normalized spacial score (nSPS) is 15.9. The molecule has 3 heterocycles. The van der Waals surface area contributed by atoms with Gasteiger partial charge in [0.05, 0.1) is 17.8 Å². The third-order valence-electron chi connectivity index (χ3n) is 5.13. The van der Waals surface area contributed by atoms with Gasteiger partial charge >= 0.3 is 0 Å². The second-order valence-electron chi connectivity index (χ2n) is 7.32. The van der Waals surface area contributed by atoms with E-state index < -0.39 is 0 Å². The van der Waals surface area contributed by atoms with Gasteiger partial charge in [-0.25, -0.2) is 9.97 Å². The number of ether oxygens (including phenoxy) is 1. The van der Waals surface area contributed by atoms with Gasteiger partial charge < -0.3 is 20.7 Å². The molecule has 1 aliphatic rings. The van der Waals surface area contributed by atoms with Gasteiger partial charge in [0.1, 0.15) is 17.1 Å². The van der Waals surface area contributed by atoms with Crippen molar-refractivity contribution in [3.8, 4) is 11.6 Å². The summed E-state index contributed by atoms with van der Waals surface area (Å²) in [7, 11) is 0. The van der Waals surface area contributed by atoms with Crippen LogP contribution in [0.2, 0.25) is 0 Å². The average molecular weight is 417 g/mol. The number of hydrogen-bond donors (Lipinski definition) is 2. The first kappa shape index (κ1) is 20.3. The Morgan fingerprint density at radius 3 is 2.65 bits per heavy atom. The number of amides is 2. The molecule has 158 valence electrons. The highest BCUT2D eigenvalue weighted by atomic mass is 16.5. The minimum Gasteiger partial charge on any atom is -0.438 e. The molecule has 1 aromatic carbocycles. The first-order valence-corrected chi connectivity index (χ1v) is 10.1. The van der Waals surface area contributed by atoms with E-state index in [1.807, 2.05) is 29.2 Å². The van der Waals surface area contributed by atoms with Gasteiger partial charge in [-0.1, -0.05) is 18.2 Å². The van der Waals surface area contributed by atoms with Gasteiger partial charge in [0, 0.05) is 19.3 Å². The molecular formula is C23H23N5O3. The summed E-state index contributed by atoms with van der Waals surface area (Å²) in [5, 5.41) is 2.83. The minimum absolute atomic E-state index is 0.163. The van der Waals surface area contributed by atoms with Crippen molar-refractivity contribution in [1.29, 1.82) is 0 Å². The Kier molecular flexibility index (Phi) is 6.07. The smallest absolute Gasteiger partial charge is 0.261 e. The van der Waals surface area contributed by atoms with Gasteiger partial charge in [-0.15, -0.1) is 0 Å². The van der Waals surface area contributed by atoms with Crippen LogP contribution in [0.5, 0.6) is 11.6 Å². The summed E-state index contributed by atoms with van der Waals surface area (Å²) >= 11 is 0. The van der Waals surface area contributed by atoms with E-state index in [0.717, 1.165) is 25.2 Å². The fourth-order valence-electron chi connectivity index (χ4n) is 3.51. The zero-order valence-corrected chi connectivity index (χ0v) is 16.9. The Bertz CT molecular complexity index is 1060. The summed E-state index contributed by atoms with van der Waals surface area (Å²) in [6.07, 6.45) is 4.86. The maximum atomic E-state index is 12.8. The number of primary amides is 1. The number of nitrogens with zero attached hydrogens (tertiary/aromatic N) is 3. The van der Waals surface area contributed by atoms with Gasteiger partial charge in [0.15, 0.2) is 0 Å². The van der Waals surface area contributed by atoms with Crippen molar-refractivity contribution >= 4 is 23.3 Å². The highest BCUT2D eigenvalue weighted by Crippen LogP contribution is 2.25. The summed E-state index contributed by atoms with van der Waals surface area (Å²) in [6.45, 7) is 1.38. The van der Waals surface area contributed by atoms with Crippen molar-refractivity contribution in [3.05, 3.63) is 72.6 Å². The lowest BCUT2D eigenvalue weighted by Crippen LogP contribution is -2.41. The number of para-hydroxylation sites is 1. The molecule has 2 aromatic heterocycles. The predicted molar refractivity (Wildman–Crippen MR) is 117 cm³/mol. The van der Waals surface area contributed by atoms with Gasteiger partial charge in [0.25, 0.3) is 5.91 Å². The first-order valence-electron chi connectivity index (χ1n) is 10.1. The van der Waals surface area contributed by atoms with Crippen LogP contribution in [-0.4, -0.2) is 34.9 Å². The van der Waals surface area contributed by atoms with Crippen LogP contribution in [0.1, 0.15) is 23.2 Å². The zero-order chi connectivity index (χ0) is 21.6. The van der Waals surface area contributed by atoms with Crippen LogP contribution in [-0.2, 0) is 4.79 Å². The van der Waals surface area contributed by atoms with E-state index in [-0.39, 0.29) is 23.6 Å². The Morgan fingerprint density at radius 1 is 1.06 bits per heavy atom. The maximum Gasteiger partial charge on any atom is 0.261 e. The summed E-state index contributed by atoms with van der Waals surface area (Å²) in [6, 6.07) is 16.1. The fourth-order valence-corrected chi connectivity index (χ4v) is 3.51. The number of piperidine rings is 1. The van der Waals surface area contributed by atoms with Crippen LogP contribution in [0.15, 0.2) is 67.0 Å². The molecule has 0 spiro atoms. The van der Waals surface area contributed by atoms with Gasteiger partial charge in [0.2, 0.25) is 11.8 Å². The number of carbonyl (C=O) groups excluding carboxylic acids is 2. The van der Waals surface area contributed by atoms with Crippen LogP contribution in [0, 0.1) is 5.92 Å². The Hall–Kier alpha value is -3.94. The molecule has 1 saturated heterocycles. The van der Waals surface area contributed by atoms with Crippen molar-refractivity contribution in [2.24, 2.45) is 11.7 Å². The molecular weight excluding hydrogens is 394 g/mol. The number of benzene rings is 1. The van der Waals surface area contributed by atoms with Gasteiger partial charge in [-0.3, -0.25) is 9.59 Å². The summed E-state index contributed by atoms with van der Waals surface area (Å²) in [5.41, 5.74) is 6.32. The van der Waals surface area contributed by atoms with E-state index in [9.17, 15) is 9.59 Å². The molecule has 4 rings (SSSR count). The number of carbonyl (C=O) groups is 2. The SMILES string of the molecule is NC(=O)C1CCCN(c2ccc(NC(=O)c3cccnc3Oc3ccccc3)cn2)C1. The van der Waals surface area contributed by atoms with Gasteiger partial charge in [-0.2, -0.15) is 0 Å². The third-order valence-corrected chi connectivity index (χ3v) is 5.13. The Morgan fingerprint density at radius 2 is 1.90 bits per heavy atom. The van der Waals surface area contributed by atoms with Crippen LogP contribution < -0.4 is 20.7 Å². The van der Waals surface area contributed by atoms with Crippen LogP contribution in [0.3, 0.4) is 0 Å². The number of anilines is 2. The molecule has 0 aliphatic carbocycles. The summed E-state index contributed by atoms with van der Waals surface area (Å²) < 4.78 is 5.76. The second-order valence-corrected chi connectivity index (χ2v) is 7.32. The van der Waals surface area contributed by atoms with Gasteiger partial charge in [-0.05, 0) is 49.2 Å². The maximum absolute atomic E-state index is 12.8. The third kappa shape index (κ3) is 4.98. The largest absolute Gasteiger partial charge is 0.438 e. The number of pyridine rings is 2.